The number of halogens is 1. The molecule has 2 N–H and O–H groups in total. The fraction of sp³-hybridized carbons (Fsp3) is 0.214. The highest BCUT2D eigenvalue weighted by molar-refractivity contribution is 9.10. The fourth-order valence-electron chi connectivity index (χ4n) is 2.36. The van der Waals surface area contributed by atoms with Gasteiger partial charge in [-0.3, -0.25) is 5.10 Å². The summed E-state index contributed by atoms with van der Waals surface area (Å²) in [6, 6.07) is 6.12. The second kappa shape index (κ2) is 4.92. The molecule has 21 heavy (non-hydrogen) atoms. The van der Waals surface area contributed by atoms with Crippen molar-refractivity contribution in [2.24, 2.45) is 5.10 Å². The summed E-state index contributed by atoms with van der Waals surface area (Å²) in [6.07, 6.45) is 6.09. The van der Waals surface area contributed by atoms with Gasteiger partial charge in [0.2, 0.25) is 4.77 Å². The molecule has 0 aliphatic heterocycles. The number of benzene rings is 1. The number of aromatic nitrogens is 4. The van der Waals surface area contributed by atoms with Gasteiger partial charge in [0, 0.05) is 33.1 Å². The van der Waals surface area contributed by atoms with Crippen LogP contribution in [0.3, 0.4) is 0 Å². The van der Waals surface area contributed by atoms with Crippen molar-refractivity contribution in [2.45, 2.75) is 18.8 Å². The normalized spacial score (nSPS) is 15.3. The Bertz CT molecular complexity index is 900. The molecular formula is C14H12BrN5S. The summed E-state index contributed by atoms with van der Waals surface area (Å²) in [6.45, 7) is 0. The van der Waals surface area contributed by atoms with Crippen molar-refractivity contribution in [3.05, 3.63) is 45.0 Å². The second-order valence-electron chi connectivity index (χ2n) is 5.15. The van der Waals surface area contributed by atoms with Crippen LogP contribution in [0.15, 0.2) is 34.0 Å². The summed E-state index contributed by atoms with van der Waals surface area (Å²) in [5.74, 6) is 1.42. The first-order valence-corrected chi connectivity index (χ1v) is 7.91. The van der Waals surface area contributed by atoms with Crippen molar-refractivity contribution in [3.63, 3.8) is 0 Å². The number of nitrogens with one attached hydrogen (secondary N) is 2. The van der Waals surface area contributed by atoms with Crippen LogP contribution in [-0.4, -0.2) is 26.1 Å². The van der Waals surface area contributed by atoms with Crippen LogP contribution in [0.5, 0.6) is 0 Å². The molecule has 3 aromatic rings. The molecule has 2 heterocycles. The maximum absolute atomic E-state index is 5.25. The van der Waals surface area contributed by atoms with Gasteiger partial charge >= 0.3 is 0 Å². The lowest BCUT2D eigenvalue weighted by molar-refractivity contribution is 0.773. The van der Waals surface area contributed by atoms with Crippen LogP contribution >= 0.6 is 28.1 Å². The third kappa shape index (κ3) is 2.36. The highest BCUT2D eigenvalue weighted by atomic mass is 79.9. The van der Waals surface area contributed by atoms with Crippen LogP contribution in [0.1, 0.15) is 30.1 Å². The SMILES string of the molecule is S=c1[nH]nc(C2CC2)n1/N=C/c1c[nH]c2ccc(Br)cc12. The third-order valence-corrected chi connectivity index (χ3v) is 4.36. The lowest BCUT2D eigenvalue weighted by Crippen LogP contribution is -1.97. The molecule has 0 amide bonds. The predicted octanol–water partition coefficient (Wildman–Crippen LogP) is 3.94. The molecule has 0 unspecified atom stereocenters. The van der Waals surface area contributed by atoms with Crippen molar-refractivity contribution in [2.75, 3.05) is 0 Å². The van der Waals surface area contributed by atoms with Crippen LogP contribution in [0, 0.1) is 4.77 Å². The lowest BCUT2D eigenvalue weighted by atomic mass is 10.2. The smallest absolute Gasteiger partial charge is 0.216 e. The maximum Gasteiger partial charge on any atom is 0.216 e. The minimum atomic E-state index is 0.493. The molecule has 0 saturated heterocycles. The Morgan fingerprint density at radius 3 is 3.10 bits per heavy atom. The molecule has 1 saturated carbocycles. The third-order valence-electron chi connectivity index (χ3n) is 3.61. The number of rotatable bonds is 3. The van der Waals surface area contributed by atoms with E-state index < -0.39 is 0 Å². The van der Waals surface area contributed by atoms with Gasteiger partial charge in [0.1, 0.15) is 0 Å². The summed E-state index contributed by atoms with van der Waals surface area (Å²) in [5.41, 5.74) is 2.11. The topological polar surface area (TPSA) is 61.8 Å². The minimum Gasteiger partial charge on any atom is -0.361 e. The highest BCUT2D eigenvalue weighted by Crippen LogP contribution is 2.38. The molecule has 2 aromatic heterocycles. The molecule has 1 aliphatic carbocycles. The monoisotopic (exact) mass is 361 g/mol. The molecule has 7 heteroatoms. The Kier molecular flexibility index (Phi) is 3.04. The number of H-pyrrole nitrogens is 2. The molecule has 4 rings (SSSR count). The lowest BCUT2D eigenvalue weighted by Gasteiger charge is -1.97. The Hall–Kier alpha value is -1.73. The maximum atomic E-state index is 5.25. The van der Waals surface area contributed by atoms with E-state index in [2.05, 4.69) is 42.3 Å². The summed E-state index contributed by atoms with van der Waals surface area (Å²) in [5, 5.41) is 12.7. The van der Waals surface area contributed by atoms with E-state index in [-0.39, 0.29) is 0 Å². The van der Waals surface area contributed by atoms with E-state index in [9.17, 15) is 0 Å². The van der Waals surface area contributed by atoms with Gasteiger partial charge in [-0.05, 0) is 43.3 Å². The Labute approximate surface area is 134 Å². The van der Waals surface area contributed by atoms with E-state index in [0.29, 0.717) is 10.7 Å². The van der Waals surface area contributed by atoms with Crippen LogP contribution < -0.4 is 0 Å². The zero-order valence-electron chi connectivity index (χ0n) is 11.0. The number of nitrogens with zero attached hydrogens (tertiary/aromatic N) is 3. The number of hydrogen-bond acceptors (Lipinski definition) is 3. The molecule has 0 radical (unpaired) electrons. The number of aromatic amines is 2. The molecule has 1 fully saturated rings. The fourth-order valence-corrected chi connectivity index (χ4v) is 2.91. The van der Waals surface area contributed by atoms with Gasteiger partial charge in [-0.25, -0.2) is 0 Å². The molecular weight excluding hydrogens is 350 g/mol. The van der Waals surface area contributed by atoms with Crippen molar-refractivity contribution in [3.8, 4) is 0 Å². The molecule has 0 bridgehead atoms. The molecule has 0 spiro atoms. The molecule has 1 aromatic carbocycles. The van der Waals surface area contributed by atoms with E-state index in [1.165, 1.54) is 0 Å². The number of fused-ring (bicyclic) bond motifs is 1. The van der Waals surface area contributed by atoms with E-state index >= 15 is 0 Å². The first-order valence-electron chi connectivity index (χ1n) is 6.70. The minimum absolute atomic E-state index is 0.493. The summed E-state index contributed by atoms with van der Waals surface area (Å²) >= 11 is 8.74. The summed E-state index contributed by atoms with van der Waals surface area (Å²) < 4.78 is 3.31. The molecule has 5 nitrogen and oxygen atoms in total. The van der Waals surface area contributed by atoms with Crippen molar-refractivity contribution < 1.29 is 0 Å². The first-order chi connectivity index (χ1) is 10.2. The van der Waals surface area contributed by atoms with Crippen molar-refractivity contribution >= 4 is 45.3 Å². The summed E-state index contributed by atoms with van der Waals surface area (Å²) in [4.78, 5) is 3.24. The zero-order chi connectivity index (χ0) is 14.4. The molecule has 106 valence electrons. The molecule has 0 atom stereocenters. The Morgan fingerprint density at radius 1 is 1.43 bits per heavy atom. The van der Waals surface area contributed by atoms with Gasteiger partial charge in [-0.15, -0.1) is 0 Å². The van der Waals surface area contributed by atoms with Gasteiger partial charge in [0.15, 0.2) is 5.82 Å². The van der Waals surface area contributed by atoms with E-state index in [1.54, 1.807) is 4.68 Å². The summed E-state index contributed by atoms with van der Waals surface area (Å²) in [7, 11) is 0. The van der Waals surface area contributed by atoms with E-state index in [4.69, 9.17) is 12.2 Å². The van der Waals surface area contributed by atoms with Gasteiger partial charge in [0.25, 0.3) is 0 Å². The average molecular weight is 362 g/mol. The average Bonchev–Trinajstić information content (AvgIpc) is 3.15. The van der Waals surface area contributed by atoms with Crippen LogP contribution in [0.25, 0.3) is 10.9 Å². The Balaban J connectivity index is 1.76. The van der Waals surface area contributed by atoms with E-state index in [0.717, 1.165) is 39.6 Å². The van der Waals surface area contributed by atoms with Crippen molar-refractivity contribution in [1.82, 2.24) is 19.9 Å². The largest absolute Gasteiger partial charge is 0.361 e. The van der Waals surface area contributed by atoms with Crippen LogP contribution in [0.4, 0.5) is 0 Å². The van der Waals surface area contributed by atoms with Crippen LogP contribution in [-0.2, 0) is 0 Å². The molecule has 1 aliphatic rings. The highest BCUT2D eigenvalue weighted by Gasteiger charge is 2.29. The van der Waals surface area contributed by atoms with Gasteiger partial charge < -0.3 is 4.98 Å². The predicted molar refractivity (Wildman–Crippen MR) is 88.4 cm³/mol. The van der Waals surface area contributed by atoms with Crippen molar-refractivity contribution in [1.29, 1.82) is 0 Å². The number of hydrogen-bond donors (Lipinski definition) is 2. The second-order valence-corrected chi connectivity index (χ2v) is 6.45. The standard InChI is InChI=1S/C14H12BrN5S/c15-10-3-4-12-11(5-10)9(6-16-12)7-17-20-13(8-1-2-8)18-19-14(20)21/h3-8,16H,1-2H2,(H,19,21)/b17-7+. The van der Waals surface area contributed by atoms with E-state index in [1.807, 2.05) is 24.5 Å². The van der Waals surface area contributed by atoms with Gasteiger partial charge in [-0.1, -0.05) is 15.9 Å². The zero-order valence-corrected chi connectivity index (χ0v) is 13.4. The van der Waals surface area contributed by atoms with Gasteiger partial charge in [-0.2, -0.15) is 14.9 Å². The quantitative estimate of drug-likeness (QED) is 0.548. The van der Waals surface area contributed by atoms with Crippen LogP contribution in [0.2, 0.25) is 0 Å². The Morgan fingerprint density at radius 2 is 2.29 bits per heavy atom. The van der Waals surface area contributed by atoms with Gasteiger partial charge in [0.05, 0.1) is 6.21 Å². The first kappa shape index (κ1) is 13.0.